The Kier molecular flexibility index (Phi) is 2.96. The third-order valence-electron chi connectivity index (χ3n) is 4.13. The number of fused-ring (bicyclic) bond motifs is 1. The summed E-state index contributed by atoms with van der Waals surface area (Å²) in [7, 11) is 2.12. The molecule has 4 nitrogen and oxygen atoms in total. The van der Waals surface area contributed by atoms with Crippen LogP contribution in [-0.4, -0.2) is 29.6 Å². The Morgan fingerprint density at radius 2 is 2.22 bits per heavy atom. The van der Waals surface area contributed by atoms with E-state index in [1.165, 1.54) is 19.3 Å². The number of aromatic amines is 1. The second-order valence-electron chi connectivity index (χ2n) is 5.18. The Hall–Kier alpha value is -1.55. The van der Waals surface area contributed by atoms with E-state index in [1.54, 1.807) is 0 Å². The van der Waals surface area contributed by atoms with E-state index >= 15 is 0 Å². The molecule has 1 aromatic carbocycles. The predicted octanol–water partition coefficient (Wildman–Crippen LogP) is 2.13. The number of nitrogens with zero attached hydrogens (tertiary/aromatic N) is 2. The minimum atomic E-state index is 0.524. The fourth-order valence-corrected chi connectivity index (χ4v) is 3.07. The molecular formula is C14H20N4. The quantitative estimate of drug-likeness (QED) is 0.869. The molecule has 0 spiro atoms. The largest absolute Gasteiger partial charge is 0.342 e. The number of para-hydroxylation sites is 2. The number of aromatic nitrogens is 2. The van der Waals surface area contributed by atoms with Crippen molar-refractivity contribution in [2.75, 3.05) is 18.5 Å². The molecule has 1 aliphatic carbocycles. The Balaban J connectivity index is 1.89. The van der Waals surface area contributed by atoms with Crippen molar-refractivity contribution in [2.24, 2.45) is 11.7 Å². The van der Waals surface area contributed by atoms with E-state index < -0.39 is 0 Å². The lowest BCUT2D eigenvalue weighted by molar-refractivity contribution is 0.470. The van der Waals surface area contributed by atoms with Gasteiger partial charge >= 0.3 is 0 Å². The molecular weight excluding hydrogens is 224 g/mol. The van der Waals surface area contributed by atoms with Gasteiger partial charge in [0.15, 0.2) is 0 Å². The maximum Gasteiger partial charge on any atom is 0.203 e. The second-order valence-corrected chi connectivity index (χ2v) is 5.18. The molecule has 4 heteroatoms. The van der Waals surface area contributed by atoms with Crippen LogP contribution < -0.4 is 10.6 Å². The van der Waals surface area contributed by atoms with E-state index in [-0.39, 0.29) is 0 Å². The fraction of sp³-hybridized carbons (Fsp3) is 0.500. The van der Waals surface area contributed by atoms with Crippen molar-refractivity contribution in [1.82, 2.24) is 9.97 Å². The lowest BCUT2D eigenvalue weighted by atomic mass is 10.0. The van der Waals surface area contributed by atoms with Gasteiger partial charge in [-0.2, -0.15) is 0 Å². The number of rotatable bonds is 3. The Bertz CT molecular complexity index is 500. The van der Waals surface area contributed by atoms with Gasteiger partial charge in [-0.3, -0.25) is 0 Å². The third kappa shape index (κ3) is 1.86. The minimum Gasteiger partial charge on any atom is -0.342 e. The molecule has 18 heavy (non-hydrogen) atoms. The molecule has 2 aromatic rings. The Labute approximate surface area is 107 Å². The van der Waals surface area contributed by atoms with Gasteiger partial charge in [0.25, 0.3) is 0 Å². The van der Waals surface area contributed by atoms with Crippen LogP contribution in [0, 0.1) is 5.92 Å². The average Bonchev–Trinajstić information content (AvgIpc) is 3.03. The van der Waals surface area contributed by atoms with E-state index in [0.717, 1.165) is 23.5 Å². The van der Waals surface area contributed by atoms with Crippen LogP contribution in [0.5, 0.6) is 0 Å². The van der Waals surface area contributed by atoms with Crippen molar-refractivity contribution in [3.63, 3.8) is 0 Å². The summed E-state index contributed by atoms with van der Waals surface area (Å²) < 4.78 is 0. The van der Waals surface area contributed by atoms with Gasteiger partial charge in [-0.05, 0) is 37.4 Å². The van der Waals surface area contributed by atoms with Crippen LogP contribution in [0.25, 0.3) is 11.0 Å². The number of H-pyrrole nitrogens is 1. The molecule has 2 unspecified atom stereocenters. The molecule has 0 aliphatic heterocycles. The molecule has 1 aliphatic rings. The number of anilines is 1. The van der Waals surface area contributed by atoms with Crippen LogP contribution in [0.4, 0.5) is 5.95 Å². The number of imidazole rings is 1. The first-order chi connectivity index (χ1) is 8.79. The maximum absolute atomic E-state index is 5.86. The molecule has 3 N–H and O–H groups in total. The molecule has 0 radical (unpaired) electrons. The number of hydrogen-bond donors (Lipinski definition) is 2. The molecule has 2 atom stereocenters. The molecule has 1 saturated carbocycles. The van der Waals surface area contributed by atoms with Gasteiger partial charge in [0, 0.05) is 13.1 Å². The van der Waals surface area contributed by atoms with Gasteiger partial charge in [-0.15, -0.1) is 0 Å². The van der Waals surface area contributed by atoms with E-state index in [1.807, 2.05) is 18.2 Å². The van der Waals surface area contributed by atoms with Crippen LogP contribution in [0.3, 0.4) is 0 Å². The first-order valence-corrected chi connectivity index (χ1v) is 6.67. The SMILES string of the molecule is CN(c1nc2ccccc2[nH]1)C1CCCC1CN. The topological polar surface area (TPSA) is 57.9 Å². The zero-order chi connectivity index (χ0) is 12.5. The standard InChI is InChI=1S/C14H20N4/c1-18(13-8-4-5-10(13)9-15)14-16-11-6-2-3-7-12(11)17-14/h2-3,6-7,10,13H,4-5,8-9,15H2,1H3,(H,16,17). The number of nitrogens with two attached hydrogens (primary N) is 1. The number of benzene rings is 1. The summed E-state index contributed by atoms with van der Waals surface area (Å²) in [4.78, 5) is 10.3. The maximum atomic E-state index is 5.86. The van der Waals surface area contributed by atoms with E-state index in [4.69, 9.17) is 5.73 Å². The highest BCUT2D eigenvalue weighted by Crippen LogP contribution is 2.31. The average molecular weight is 244 g/mol. The van der Waals surface area contributed by atoms with Gasteiger partial charge in [0.05, 0.1) is 11.0 Å². The van der Waals surface area contributed by atoms with Crippen molar-refractivity contribution in [3.05, 3.63) is 24.3 Å². The van der Waals surface area contributed by atoms with Crippen molar-refractivity contribution >= 4 is 17.0 Å². The lowest BCUT2D eigenvalue weighted by Crippen LogP contribution is -2.38. The first kappa shape index (κ1) is 11.5. The summed E-state index contributed by atoms with van der Waals surface area (Å²) in [5.41, 5.74) is 7.99. The molecule has 96 valence electrons. The zero-order valence-corrected chi connectivity index (χ0v) is 10.8. The summed E-state index contributed by atoms with van der Waals surface area (Å²) in [6.07, 6.45) is 3.73. The van der Waals surface area contributed by atoms with Crippen molar-refractivity contribution in [1.29, 1.82) is 0 Å². The van der Waals surface area contributed by atoms with E-state index in [2.05, 4.69) is 28.0 Å². The summed E-state index contributed by atoms with van der Waals surface area (Å²) in [6.45, 7) is 0.773. The van der Waals surface area contributed by atoms with Crippen LogP contribution in [0.15, 0.2) is 24.3 Å². The molecule has 0 saturated heterocycles. The van der Waals surface area contributed by atoms with Crippen molar-refractivity contribution in [2.45, 2.75) is 25.3 Å². The van der Waals surface area contributed by atoms with Gasteiger partial charge in [0.1, 0.15) is 0 Å². The Morgan fingerprint density at radius 3 is 3.00 bits per heavy atom. The number of nitrogens with one attached hydrogen (secondary N) is 1. The molecule has 0 bridgehead atoms. The molecule has 1 heterocycles. The highest BCUT2D eigenvalue weighted by molar-refractivity contribution is 5.77. The molecule has 0 amide bonds. The van der Waals surface area contributed by atoms with Crippen LogP contribution in [-0.2, 0) is 0 Å². The number of hydrogen-bond acceptors (Lipinski definition) is 3. The van der Waals surface area contributed by atoms with E-state index in [9.17, 15) is 0 Å². The third-order valence-corrected chi connectivity index (χ3v) is 4.13. The first-order valence-electron chi connectivity index (χ1n) is 6.67. The highest BCUT2D eigenvalue weighted by atomic mass is 15.3. The molecule has 3 rings (SSSR count). The van der Waals surface area contributed by atoms with E-state index in [0.29, 0.717) is 12.0 Å². The monoisotopic (exact) mass is 244 g/mol. The van der Waals surface area contributed by atoms with Gasteiger partial charge in [-0.1, -0.05) is 18.6 Å². The van der Waals surface area contributed by atoms with Crippen molar-refractivity contribution < 1.29 is 0 Å². The summed E-state index contributed by atoms with van der Waals surface area (Å²) in [6, 6.07) is 8.68. The minimum absolute atomic E-state index is 0.524. The Morgan fingerprint density at radius 1 is 1.39 bits per heavy atom. The fourth-order valence-electron chi connectivity index (χ4n) is 3.07. The van der Waals surface area contributed by atoms with Gasteiger partial charge in [0.2, 0.25) is 5.95 Å². The van der Waals surface area contributed by atoms with Crippen molar-refractivity contribution in [3.8, 4) is 0 Å². The molecule has 1 aromatic heterocycles. The van der Waals surface area contributed by atoms with Gasteiger partial charge < -0.3 is 15.6 Å². The van der Waals surface area contributed by atoms with Crippen LogP contribution in [0.2, 0.25) is 0 Å². The second kappa shape index (κ2) is 4.61. The van der Waals surface area contributed by atoms with Crippen LogP contribution >= 0.6 is 0 Å². The van der Waals surface area contributed by atoms with Gasteiger partial charge in [-0.25, -0.2) is 4.98 Å². The zero-order valence-electron chi connectivity index (χ0n) is 10.8. The van der Waals surface area contributed by atoms with Crippen LogP contribution in [0.1, 0.15) is 19.3 Å². The highest BCUT2D eigenvalue weighted by Gasteiger charge is 2.30. The summed E-state index contributed by atoms with van der Waals surface area (Å²) in [5.74, 6) is 1.56. The summed E-state index contributed by atoms with van der Waals surface area (Å²) >= 11 is 0. The normalized spacial score (nSPS) is 23.7. The predicted molar refractivity (Wildman–Crippen MR) is 74.7 cm³/mol. The summed E-state index contributed by atoms with van der Waals surface area (Å²) in [5, 5.41) is 0. The lowest BCUT2D eigenvalue weighted by Gasteiger charge is -2.28. The smallest absolute Gasteiger partial charge is 0.203 e. The molecule has 1 fully saturated rings.